The minimum atomic E-state index is -7.22. The molecule has 7 rings (SSSR count). The van der Waals surface area contributed by atoms with Gasteiger partial charge in [0.1, 0.15) is 57.9 Å². The third-order valence-electron chi connectivity index (χ3n) is 9.56. The van der Waals surface area contributed by atoms with E-state index in [-0.39, 0.29) is 0 Å². The quantitative estimate of drug-likeness (QED) is 0.0493. The summed E-state index contributed by atoms with van der Waals surface area (Å²) in [5.74, 6) is -71.4. The second kappa shape index (κ2) is 16.7. The van der Waals surface area contributed by atoms with Gasteiger partial charge in [-0.05, 0) is 24.3 Å². The minimum absolute atomic E-state index is 0.308. The molecule has 1 aliphatic carbocycles. The average Bonchev–Trinajstić information content (AvgIpc) is 4.10. The van der Waals surface area contributed by atoms with Crippen LogP contribution in [0.25, 0.3) is 0 Å². The van der Waals surface area contributed by atoms with E-state index in [2.05, 4.69) is 60.7 Å². The fourth-order valence-electron chi connectivity index (χ4n) is 6.83. The van der Waals surface area contributed by atoms with Crippen molar-refractivity contribution < 1.29 is 87.8 Å². The van der Waals surface area contributed by atoms with Crippen molar-refractivity contribution >= 4 is 38.9 Å². The maximum absolute atomic E-state index is 15.4. The number of rotatable bonds is 7. The highest BCUT2D eigenvalue weighted by Gasteiger charge is 2.52. The molecule has 22 heteroatoms. The van der Waals surface area contributed by atoms with Crippen LogP contribution in [0.3, 0.4) is 0 Å². The van der Waals surface area contributed by atoms with Crippen LogP contribution in [-0.2, 0) is 10.9 Å². The van der Waals surface area contributed by atoms with Gasteiger partial charge in [-0.25, -0.2) is 87.8 Å². The topological polar surface area (TPSA) is 0 Å². The smallest absolute Gasteiger partial charge is 0.200 e. The Balaban J connectivity index is 0.000000321. The third kappa shape index (κ3) is 7.05. The molecule has 0 unspecified atom stereocenters. The highest BCUT2D eigenvalue weighted by Crippen LogP contribution is 2.40. The Kier molecular flexibility index (Phi) is 12.3. The molecule has 0 bridgehead atoms. The van der Waals surface area contributed by atoms with E-state index in [1.54, 1.807) is 0 Å². The van der Waals surface area contributed by atoms with E-state index in [9.17, 15) is 52.7 Å². The van der Waals surface area contributed by atoms with Crippen LogP contribution in [0.5, 0.6) is 0 Å². The van der Waals surface area contributed by atoms with Crippen LogP contribution in [0.1, 0.15) is 12.8 Å². The zero-order chi connectivity index (χ0) is 45.2. The number of hydrogen-bond donors (Lipinski definition) is 0. The third-order valence-corrected chi connectivity index (χ3v) is 12.3. The van der Waals surface area contributed by atoms with Gasteiger partial charge in [0.25, 0.3) is 0 Å². The van der Waals surface area contributed by atoms with Gasteiger partial charge in [0.15, 0.2) is 79.6 Å². The molecule has 0 heterocycles. The molecular weight excluding hydrogens is 891 g/mol. The molecule has 0 aliphatic heterocycles. The fourth-order valence-corrected chi connectivity index (χ4v) is 9.38. The first-order valence-electron chi connectivity index (χ1n) is 16.7. The first kappa shape index (κ1) is 44.9. The molecule has 6 aromatic rings. The van der Waals surface area contributed by atoms with Crippen LogP contribution in [0.2, 0.25) is 0 Å². The Morgan fingerprint density at radius 3 is 0.639 bits per heavy atom. The first-order valence-corrected chi connectivity index (χ1v) is 18.0. The summed E-state index contributed by atoms with van der Waals surface area (Å²) in [5, 5.41) is 0.893. The highest BCUT2D eigenvalue weighted by atomic mass is 32.2. The van der Waals surface area contributed by atoms with Crippen LogP contribution in [-0.4, -0.2) is 11.4 Å². The summed E-state index contributed by atoms with van der Waals surface area (Å²) in [5.41, 5.74) is -14.3. The molecule has 0 radical (unpaired) electrons. The lowest BCUT2D eigenvalue weighted by atomic mass is 9.12. The van der Waals surface area contributed by atoms with Crippen LogP contribution in [0, 0.1) is 116 Å². The standard InChI is InChI=1S/C24BF20.C15H15S/c26-5-1(6(27)14(35)21(42)13(5)34)25(2-7(28)15(36)22(43)16(37)8(2)29,3-9(30)17(38)23(44)18(39)10(3)31)4-11(32)19(40)24(45)20(41)12(4)33;1-3-7-13(8-4-1)16(15-11-12-15)14-9-5-2-6-10-14/h;1-10,15H,11-12H2/q-1;+1. The zero-order valence-corrected chi connectivity index (χ0v) is 30.1. The first-order chi connectivity index (χ1) is 28.7. The molecule has 1 aliphatic rings. The molecule has 61 heavy (non-hydrogen) atoms. The van der Waals surface area contributed by atoms with Crippen molar-refractivity contribution in [2.75, 3.05) is 0 Å². The molecule has 1 fully saturated rings. The van der Waals surface area contributed by atoms with Crippen molar-refractivity contribution in [3.63, 3.8) is 0 Å². The Morgan fingerprint density at radius 2 is 0.459 bits per heavy atom. The number of hydrogen-bond acceptors (Lipinski definition) is 0. The second-order valence-electron chi connectivity index (χ2n) is 13.0. The summed E-state index contributed by atoms with van der Waals surface area (Å²) in [6.45, 7) is 0. The van der Waals surface area contributed by atoms with E-state index in [1.165, 1.54) is 22.6 Å². The van der Waals surface area contributed by atoms with E-state index in [1.807, 2.05) is 0 Å². The lowest BCUT2D eigenvalue weighted by molar-refractivity contribution is 0.378. The summed E-state index contributed by atoms with van der Waals surface area (Å²) in [6.07, 6.45) is -4.43. The molecule has 1 saturated carbocycles. The summed E-state index contributed by atoms with van der Waals surface area (Å²) in [6, 6.07) is 21.9. The molecule has 0 N–H and O–H groups in total. The van der Waals surface area contributed by atoms with Crippen molar-refractivity contribution in [3.05, 3.63) is 177 Å². The van der Waals surface area contributed by atoms with E-state index in [0.29, 0.717) is 10.9 Å². The fraction of sp³-hybridized carbons (Fsp3) is 0.0769. The molecule has 0 saturated heterocycles. The molecule has 320 valence electrons. The molecule has 0 aromatic heterocycles. The lowest BCUT2D eigenvalue weighted by Crippen LogP contribution is -2.81. The summed E-state index contributed by atoms with van der Waals surface area (Å²) >= 11 is 0. The van der Waals surface area contributed by atoms with E-state index >= 15 is 35.1 Å². The van der Waals surface area contributed by atoms with Gasteiger partial charge in [-0.2, -0.15) is 0 Å². The Labute approximate surface area is 331 Å². The average molecular weight is 906 g/mol. The minimum Gasteiger partial charge on any atom is -0.207 e. The summed E-state index contributed by atoms with van der Waals surface area (Å²) in [4.78, 5) is 2.99. The predicted octanol–water partition coefficient (Wildman–Crippen LogP) is 9.73. The van der Waals surface area contributed by atoms with Crippen molar-refractivity contribution in [1.29, 1.82) is 0 Å². The van der Waals surface area contributed by atoms with E-state index in [4.69, 9.17) is 0 Å². The van der Waals surface area contributed by atoms with Crippen molar-refractivity contribution in [1.82, 2.24) is 0 Å². The molecular formula is C39H15BF20S. The molecule has 0 atom stereocenters. The van der Waals surface area contributed by atoms with E-state index < -0.39 is 144 Å². The second-order valence-corrected chi connectivity index (χ2v) is 15.2. The largest absolute Gasteiger partial charge is 0.207 e. The van der Waals surface area contributed by atoms with Gasteiger partial charge in [0, 0.05) is 12.8 Å². The Morgan fingerprint density at radius 1 is 0.279 bits per heavy atom. The predicted molar refractivity (Wildman–Crippen MR) is 179 cm³/mol. The zero-order valence-electron chi connectivity index (χ0n) is 29.3. The normalized spacial score (nSPS) is 12.9. The lowest BCUT2D eigenvalue weighted by Gasteiger charge is -2.44. The number of halogens is 20. The number of benzene rings is 6. The molecule has 0 nitrogen and oxygen atoms in total. The van der Waals surface area contributed by atoms with Crippen molar-refractivity contribution in [2.24, 2.45) is 0 Å². The Bertz CT molecular complexity index is 2290. The Hall–Kier alpha value is -5.67. The highest BCUT2D eigenvalue weighted by molar-refractivity contribution is 7.97. The van der Waals surface area contributed by atoms with Crippen LogP contribution in [0.15, 0.2) is 70.5 Å². The van der Waals surface area contributed by atoms with Gasteiger partial charge in [0.2, 0.25) is 0 Å². The SMILES string of the molecule is Fc1c(F)c(F)c([B-](c2c(F)c(F)c(F)c(F)c2F)(c2c(F)c(F)c(F)c(F)c2F)c2c(F)c(F)c(F)c(F)c2F)c(F)c1F.c1ccc([S+](c2ccccc2)C2CC2)cc1. The van der Waals surface area contributed by atoms with Crippen LogP contribution < -0.4 is 21.9 Å². The molecule has 0 amide bonds. The monoisotopic (exact) mass is 906 g/mol. The molecule has 0 spiro atoms. The van der Waals surface area contributed by atoms with Crippen molar-refractivity contribution in [2.45, 2.75) is 27.9 Å². The summed E-state index contributed by atoms with van der Waals surface area (Å²) < 4.78 is 294. The van der Waals surface area contributed by atoms with Gasteiger partial charge < -0.3 is 0 Å². The van der Waals surface area contributed by atoms with Gasteiger partial charge in [-0.3, -0.25) is 0 Å². The van der Waals surface area contributed by atoms with Gasteiger partial charge in [-0.15, -0.1) is 21.9 Å². The van der Waals surface area contributed by atoms with Gasteiger partial charge in [0.05, 0.1) is 10.9 Å². The van der Waals surface area contributed by atoms with Crippen LogP contribution >= 0.6 is 0 Å². The van der Waals surface area contributed by atoms with Crippen LogP contribution in [0.4, 0.5) is 87.8 Å². The maximum Gasteiger partial charge on any atom is 0.200 e. The van der Waals surface area contributed by atoms with E-state index in [0.717, 1.165) is 5.25 Å². The van der Waals surface area contributed by atoms with Gasteiger partial charge >= 0.3 is 0 Å². The summed E-state index contributed by atoms with van der Waals surface area (Å²) in [7, 11) is 0.308. The maximum atomic E-state index is 15.4. The molecule has 6 aromatic carbocycles. The van der Waals surface area contributed by atoms with Crippen molar-refractivity contribution in [3.8, 4) is 0 Å². The van der Waals surface area contributed by atoms with Gasteiger partial charge in [-0.1, -0.05) is 36.4 Å².